The molecule has 0 aliphatic rings. The quantitative estimate of drug-likeness (QED) is 0.870. The predicted molar refractivity (Wildman–Crippen MR) is 68.2 cm³/mol. The van der Waals surface area contributed by atoms with Crippen LogP contribution in [0.1, 0.15) is 21.6 Å². The number of carbonyl (C=O) groups is 1. The maximum absolute atomic E-state index is 10.8. The summed E-state index contributed by atoms with van der Waals surface area (Å²) in [6.45, 7) is 1.60. The van der Waals surface area contributed by atoms with Crippen molar-refractivity contribution >= 4 is 17.6 Å². The number of carboxylic acids is 1. The summed E-state index contributed by atoms with van der Waals surface area (Å²) in [7, 11) is 0. The minimum atomic E-state index is -1.06. The molecule has 0 bridgehead atoms. The van der Waals surface area contributed by atoms with Crippen molar-refractivity contribution in [1.82, 2.24) is 9.97 Å². The third-order valence-corrected chi connectivity index (χ3v) is 2.46. The lowest BCUT2D eigenvalue weighted by Gasteiger charge is -2.06. The molecule has 1 aromatic heterocycles. The molecule has 2 N–H and O–H groups in total. The molecule has 6 heteroatoms. The molecule has 94 valence electrons. The summed E-state index contributed by atoms with van der Waals surface area (Å²) in [5.41, 5.74) is 1.63. The van der Waals surface area contributed by atoms with Crippen LogP contribution < -0.4 is 5.32 Å². The molecule has 0 aliphatic heterocycles. The number of aryl methyl sites for hydroxylation is 1. The van der Waals surface area contributed by atoms with E-state index in [2.05, 4.69) is 15.3 Å². The number of nitriles is 1. The van der Waals surface area contributed by atoms with Gasteiger partial charge in [0, 0.05) is 11.9 Å². The first-order chi connectivity index (χ1) is 9.10. The molecule has 0 fully saturated rings. The van der Waals surface area contributed by atoms with Gasteiger partial charge in [-0.3, -0.25) is 0 Å². The van der Waals surface area contributed by atoms with E-state index in [1.165, 1.54) is 6.20 Å². The highest BCUT2D eigenvalue weighted by Crippen LogP contribution is 2.15. The molecule has 19 heavy (non-hydrogen) atoms. The van der Waals surface area contributed by atoms with Gasteiger partial charge in [0.05, 0.1) is 22.9 Å². The van der Waals surface area contributed by atoms with E-state index in [0.717, 1.165) is 0 Å². The number of benzene rings is 1. The number of nitrogens with zero attached hydrogens (tertiary/aromatic N) is 3. The van der Waals surface area contributed by atoms with Gasteiger partial charge in [-0.25, -0.2) is 14.8 Å². The molecule has 2 aromatic rings. The van der Waals surface area contributed by atoms with Gasteiger partial charge >= 0.3 is 5.97 Å². The molecular formula is C13H10N4O2. The van der Waals surface area contributed by atoms with Crippen LogP contribution in [-0.2, 0) is 0 Å². The highest BCUT2D eigenvalue weighted by Gasteiger charge is 2.09. The summed E-state index contributed by atoms with van der Waals surface area (Å²) in [5, 5.41) is 20.6. The fraction of sp³-hybridized carbons (Fsp3) is 0.0769. The number of aromatic nitrogens is 2. The Morgan fingerprint density at radius 1 is 1.47 bits per heavy atom. The van der Waals surface area contributed by atoms with Crippen molar-refractivity contribution in [2.75, 3.05) is 5.32 Å². The van der Waals surface area contributed by atoms with Gasteiger partial charge in [0.25, 0.3) is 0 Å². The number of hydrogen-bond acceptors (Lipinski definition) is 5. The predicted octanol–water partition coefficient (Wildman–Crippen LogP) is 2.10. The van der Waals surface area contributed by atoms with Crippen molar-refractivity contribution in [3.63, 3.8) is 0 Å². The monoisotopic (exact) mass is 254 g/mol. The highest BCUT2D eigenvalue weighted by atomic mass is 16.4. The van der Waals surface area contributed by atoms with Gasteiger partial charge < -0.3 is 10.4 Å². The standard InChI is InChI=1S/C13H10N4O2/c1-8-11(12(18)19)7-15-13(16-8)17-10-4-2-3-9(5-10)6-14/h2-5,7H,1H3,(H,18,19)(H,15,16,17). The number of anilines is 2. The first kappa shape index (κ1) is 12.5. The zero-order chi connectivity index (χ0) is 13.8. The second-order valence-corrected chi connectivity index (χ2v) is 3.82. The lowest BCUT2D eigenvalue weighted by molar-refractivity contribution is 0.0695. The van der Waals surface area contributed by atoms with Gasteiger partial charge in [-0.1, -0.05) is 6.07 Å². The molecule has 0 saturated carbocycles. The Kier molecular flexibility index (Phi) is 3.39. The third-order valence-electron chi connectivity index (χ3n) is 2.46. The first-order valence-corrected chi connectivity index (χ1v) is 5.44. The Hall–Kier alpha value is -2.94. The summed E-state index contributed by atoms with van der Waals surface area (Å²) in [4.78, 5) is 18.8. The van der Waals surface area contributed by atoms with Crippen LogP contribution in [0, 0.1) is 18.3 Å². The van der Waals surface area contributed by atoms with Crippen molar-refractivity contribution in [2.24, 2.45) is 0 Å². The smallest absolute Gasteiger partial charge is 0.339 e. The average molecular weight is 254 g/mol. The number of rotatable bonds is 3. The third kappa shape index (κ3) is 2.84. The maximum Gasteiger partial charge on any atom is 0.339 e. The Labute approximate surface area is 109 Å². The normalized spacial score (nSPS) is 9.68. The van der Waals surface area contributed by atoms with Crippen LogP contribution in [-0.4, -0.2) is 21.0 Å². The molecule has 0 amide bonds. The van der Waals surface area contributed by atoms with Crippen LogP contribution in [0.3, 0.4) is 0 Å². The Morgan fingerprint density at radius 2 is 2.26 bits per heavy atom. The van der Waals surface area contributed by atoms with Crippen molar-refractivity contribution in [3.05, 3.63) is 47.3 Å². The van der Waals surface area contributed by atoms with Crippen LogP contribution >= 0.6 is 0 Å². The number of aromatic carboxylic acids is 1. The Balaban J connectivity index is 2.26. The van der Waals surface area contributed by atoms with Gasteiger partial charge in [-0.05, 0) is 25.1 Å². The number of carboxylic acid groups (broad SMARTS) is 1. The summed E-state index contributed by atoms with van der Waals surface area (Å²) >= 11 is 0. The van der Waals surface area contributed by atoms with Gasteiger partial charge in [-0.2, -0.15) is 5.26 Å². The van der Waals surface area contributed by atoms with E-state index in [-0.39, 0.29) is 11.5 Å². The van der Waals surface area contributed by atoms with E-state index in [1.54, 1.807) is 31.2 Å². The number of hydrogen-bond donors (Lipinski definition) is 2. The highest BCUT2D eigenvalue weighted by molar-refractivity contribution is 5.88. The first-order valence-electron chi connectivity index (χ1n) is 5.44. The molecule has 6 nitrogen and oxygen atoms in total. The van der Waals surface area contributed by atoms with Crippen LogP contribution in [0.4, 0.5) is 11.6 Å². The largest absolute Gasteiger partial charge is 0.478 e. The molecule has 0 saturated heterocycles. The van der Waals surface area contributed by atoms with Crippen LogP contribution in [0.25, 0.3) is 0 Å². The van der Waals surface area contributed by atoms with E-state index in [0.29, 0.717) is 16.9 Å². The zero-order valence-electron chi connectivity index (χ0n) is 10.1. The van der Waals surface area contributed by atoms with Gasteiger partial charge in [0.15, 0.2) is 0 Å². The van der Waals surface area contributed by atoms with Crippen molar-refractivity contribution in [2.45, 2.75) is 6.92 Å². The van der Waals surface area contributed by atoms with Crippen molar-refractivity contribution < 1.29 is 9.90 Å². The summed E-state index contributed by atoms with van der Waals surface area (Å²) in [6, 6.07) is 8.88. The topological polar surface area (TPSA) is 98.9 Å². The van der Waals surface area contributed by atoms with Crippen molar-refractivity contribution in [3.8, 4) is 6.07 Å². The molecule has 1 aromatic carbocycles. The molecule has 2 rings (SSSR count). The van der Waals surface area contributed by atoms with E-state index in [9.17, 15) is 4.79 Å². The molecule has 0 radical (unpaired) electrons. The zero-order valence-corrected chi connectivity index (χ0v) is 10.1. The Bertz CT molecular complexity index is 677. The van der Waals surface area contributed by atoms with Gasteiger partial charge in [-0.15, -0.1) is 0 Å². The van der Waals surface area contributed by atoms with Crippen molar-refractivity contribution in [1.29, 1.82) is 5.26 Å². The summed E-state index contributed by atoms with van der Waals surface area (Å²) in [5.74, 6) is -0.770. The lowest BCUT2D eigenvalue weighted by atomic mass is 10.2. The van der Waals surface area contributed by atoms with Gasteiger partial charge in [0.1, 0.15) is 0 Å². The second kappa shape index (κ2) is 5.14. The van der Waals surface area contributed by atoms with E-state index in [4.69, 9.17) is 10.4 Å². The molecule has 0 aliphatic carbocycles. The lowest BCUT2D eigenvalue weighted by Crippen LogP contribution is -2.06. The van der Waals surface area contributed by atoms with Crippen LogP contribution in [0.5, 0.6) is 0 Å². The molecule has 1 heterocycles. The second-order valence-electron chi connectivity index (χ2n) is 3.82. The Morgan fingerprint density at radius 3 is 2.89 bits per heavy atom. The molecular weight excluding hydrogens is 244 g/mol. The fourth-order valence-electron chi connectivity index (χ4n) is 1.53. The van der Waals surface area contributed by atoms with E-state index < -0.39 is 5.97 Å². The number of nitrogens with one attached hydrogen (secondary N) is 1. The average Bonchev–Trinajstić information content (AvgIpc) is 2.38. The minimum Gasteiger partial charge on any atom is -0.478 e. The molecule has 0 spiro atoms. The summed E-state index contributed by atoms with van der Waals surface area (Å²) in [6.07, 6.45) is 1.25. The van der Waals surface area contributed by atoms with Crippen LogP contribution in [0.2, 0.25) is 0 Å². The van der Waals surface area contributed by atoms with E-state index >= 15 is 0 Å². The SMILES string of the molecule is Cc1nc(Nc2cccc(C#N)c2)ncc1C(=O)O. The maximum atomic E-state index is 10.8. The minimum absolute atomic E-state index is 0.0660. The fourth-order valence-corrected chi connectivity index (χ4v) is 1.53. The van der Waals surface area contributed by atoms with Gasteiger partial charge in [0.2, 0.25) is 5.95 Å². The van der Waals surface area contributed by atoms with Crippen LogP contribution in [0.15, 0.2) is 30.5 Å². The van der Waals surface area contributed by atoms with E-state index in [1.807, 2.05) is 6.07 Å². The molecule has 0 unspecified atom stereocenters. The molecule has 0 atom stereocenters. The summed E-state index contributed by atoms with van der Waals surface area (Å²) < 4.78 is 0.